The topological polar surface area (TPSA) is 61.9 Å². The molecule has 3 rings (SSSR count). The highest BCUT2D eigenvalue weighted by molar-refractivity contribution is 5.89. The SMILES string of the molecule is O=C(CC1NCCN(CC2CCCO2)C1=O)N1CCCCCC1. The normalized spacial score (nSPS) is 29.7. The Hall–Kier alpha value is -1.14. The first kappa shape index (κ1) is 16.7. The fourth-order valence-electron chi connectivity index (χ4n) is 3.79. The van der Waals surface area contributed by atoms with Crippen LogP contribution in [-0.2, 0) is 14.3 Å². The molecule has 3 heterocycles. The standard InChI is InChI=1S/C17H29N3O3/c21-16(19-8-3-1-2-4-9-19)12-15-17(22)20(10-7-18-15)13-14-6-5-11-23-14/h14-15,18H,1-13H2. The van der Waals surface area contributed by atoms with Crippen LogP contribution >= 0.6 is 0 Å². The summed E-state index contributed by atoms with van der Waals surface area (Å²) in [6.45, 7) is 4.65. The van der Waals surface area contributed by atoms with Gasteiger partial charge in [-0.25, -0.2) is 0 Å². The van der Waals surface area contributed by atoms with E-state index in [0.717, 1.165) is 51.9 Å². The number of nitrogens with zero attached hydrogens (tertiary/aromatic N) is 2. The van der Waals surface area contributed by atoms with E-state index in [9.17, 15) is 9.59 Å². The average molecular weight is 323 g/mol. The maximum absolute atomic E-state index is 12.6. The van der Waals surface area contributed by atoms with Crippen LogP contribution in [0.3, 0.4) is 0 Å². The molecule has 3 fully saturated rings. The summed E-state index contributed by atoms with van der Waals surface area (Å²) in [5, 5.41) is 3.23. The molecule has 0 aromatic heterocycles. The minimum atomic E-state index is -0.360. The summed E-state index contributed by atoms with van der Waals surface area (Å²) in [5.41, 5.74) is 0. The molecule has 3 aliphatic heterocycles. The molecule has 2 unspecified atom stereocenters. The second-order valence-corrected chi connectivity index (χ2v) is 6.93. The van der Waals surface area contributed by atoms with Gasteiger partial charge < -0.3 is 19.9 Å². The van der Waals surface area contributed by atoms with E-state index in [-0.39, 0.29) is 24.0 Å². The lowest BCUT2D eigenvalue weighted by molar-refractivity contribution is -0.142. The molecule has 0 spiro atoms. The van der Waals surface area contributed by atoms with Gasteiger partial charge in [-0.2, -0.15) is 0 Å². The summed E-state index contributed by atoms with van der Waals surface area (Å²) in [6, 6.07) is -0.360. The van der Waals surface area contributed by atoms with Crippen molar-refractivity contribution < 1.29 is 14.3 Å². The molecule has 0 bridgehead atoms. The first-order chi connectivity index (χ1) is 11.2. The molecule has 2 amide bonds. The summed E-state index contributed by atoms with van der Waals surface area (Å²) in [7, 11) is 0. The van der Waals surface area contributed by atoms with Crippen LogP contribution < -0.4 is 5.32 Å². The van der Waals surface area contributed by atoms with Crippen LogP contribution in [0, 0.1) is 0 Å². The minimum absolute atomic E-state index is 0.0647. The fraction of sp³-hybridized carbons (Fsp3) is 0.882. The number of amides is 2. The molecular weight excluding hydrogens is 294 g/mol. The molecule has 2 atom stereocenters. The molecule has 6 nitrogen and oxygen atoms in total. The monoisotopic (exact) mass is 323 g/mol. The van der Waals surface area contributed by atoms with E-state index in [4.69, 9.17) is 4.74 Å². The van der Waals surface area contributed by atoms with Gasteiger partial charge in [0.05, 0.1) is 18.6 Å². The first-order valence-corrected chi connectivity index (χ1v) is 9.15. The number of hydrogen-bond donors (Lipinski definition) is 1. The number of hydrogen-bond acceptors (Lipinski definition) is 4. The van der Waals surface area contributed by atoms with Crippen LogP contribution in [0.5, 0.6) is 0 Å². The predicted molar refractivity (Wildman–Crippen MR) is 87.0 cm³/mol. The molecule has 130 valence electrons. The maximum atomic E-state index is 12.6. The van der Waals surface area contributed by atoms with Crippen LogP contribution in [0.2, 0.25) is 0 Å². The van der Waals surface area contributed by atoms with Gasteiger partial charge in [0.1, 0.15) is 0 Å². The Morgan fingerprint density at radius 1 is 1.13 bits per heavy atom. The van der Waals surface area contributed by atoms with Gasteiger partial charge in [-0.15, -0.1) is 0 Å². The van der Waals surface area contributed by atoms with E-state index in [1.807, 2.05) is 9.80 Å². The smallest absolute Gasteiger partial charge is 0.240 e. The highest BCUT2D eigenvalue weighted by Gasteiger charge is 2.33. The van der Waals surface area contributed by atoms with Gasteiger partial charge in [0.15, 0.2) is 0 Å². The fourth-order valence-corrected chi connectivity index (χ4v) is 3.79. The molecule has 0 radical (unpaired) electrons. The van der Waals surface area contributed by atoms with E-state index < -0.39 is 0 Å². The Balaban J connectivity index is 1.51. The van der Waals surface area contributed by atoms with Crippen molar-refractivity contribution in [2.24, 2.45) is 0 Å². The van der Waals surface area contributed by atoms with Crippen molar-refractivity contribution in [3.05, 3.63) is 0 Å². The third kappa shape index (κ3) is 4.44. The van der Waals surface area contributed by atoms with Gasteiger partial charge >= 0.3 is 0 Å². The van der Waals surface area contributed by atoms with Gasteiger partial charge in [-0.3, -0.25) is 9.59 Å². The summed E-state index contributed by atoms with van der Waals surface area (Å²) >= 11 is 0. The van der Waals surface area contributed by atoms with Crippen LogP contribution in [0.25, 0.3) is 0 Å². The molecular formula is C17H29N3O3. The van der Waals surface area contributed by atoms with Crippen molar-refractivity contribution in [2.45, 2.75) is 57.1 Å². The maximum Gasteiger partial charge on any atom is 0.240 e. The molecule has 1 N–H and O–H groups in total. The lowest BCUT2D eigenvalue weighted by Crippen LogP contribution is -2.57. The van der Waals surface area contributed by atoms with Crippen LogP contribution in [0.15, 0.2) is 0 Å². The van der Waals surface area contributed by atoms with Crippen molar-refractivity contribution >= 4 is 11.8 Å². The Kier molecular flexibility index (Phi) is 5.89. The summed E-state index contributed by atoms with van der Waals surface area (Å²) < 4.78 is 5.64. The van der Waals surface area contributed by atoms with Crippen molar-refractivity contribution in [3.63, 3.8) is 0 Å². The highest BCUT2D eigenvalue weighted by Crippen LogP contribution is 2.17. The largest absolute Gasteiger partial charge is 0.376 e. The first-order valence-electron chi connectivity index (χ1n) is 9.15. The Morgan fingerprint density at radius 3 is 2.61 bits per heavy atom. The van der Waals surface area contributed by atoms with Crippen molar-refractivity contribution in [2.75, 3.05) is 39.3 Å². The number of ether oxygens (including phenoxy) is 1. The van der Waals surface area contributed by atoms with E-state index in [1.54, 1.807) is 0 Å². The predicted octanol–water partition coefficient (Wildman–Crippen LogP) is 0.758. The van der Waals surface area contributed by atoms with E-state index >= 15 is 0 Å². The molecule has 6 heteroatoms. The zero-order valence-corrected chi connectivity index (χ0v) is 14.0. The summed E-state index contributed by atoms with van der Waals surface area (Å²) in [6.07, 6.45) is 7.18. The second-order valence-electron chi connectivity index (χ2n) is 6.93. The molecule has 3 saturated heterocycles. The lowest BCUT2D eigenvalue weighted by Gasteiger charge is -2.35. The number of likely N-dealkylation sites (tertiary alicyclic amines) is 1. The number of nitrogens with one attached hydrogen (secondary N) is 1. The lowest BCUT2D eigenvalue weighted by atomic mass is 10.1. The van der Waals surface area contributed by atoms with Gasteiger partial charge in [0, 0.05) is 39.3 Å². The zero-order valence-electron chi connectivity index (χ0n) is 14.0. The van der Waals surface area contributed by atoms with Crippen molar-refractivity contribution in [1.82, 2.24) is 15.1 Å². The zero-order chi connectivity index (χ0) is 16.1. The number of carbonyl (C=O) groups excluding carboxylic acids is 2. The number of carbonyl (C=O) groups is 2. The van der Waals surface area contributed by atoms with Crippen LogP contribution in [-0.4, -0.2) is 73.1 Å². The Morgan fingerprint density at radius 2 is 1.91 bits per heavy atom. The highest BCUT2D eigenvalue weighted by atomic mass is 16.5. The molecule has 23 heavy (non-hydrogen) atoms. The second kappa shape index (κ2) is 8.11. The van der Waals surface area contributed by atoms with E-state index in [2.05, 4.69) is 5.32 Å². The molecule has 0 aliphatic carbocycles. The minimum Gasteiger partial charge on any atom is -0.376 e. The van der Waals surface area contributed by atoms with Crippen molar-refractivity contribution in [1.29, 1.82) is 0 Å². The van der Waals surface area contributed by atoms with Gasteiger partial charge in [-0.1, -0.05) is 12.8 Å². The van der Waals surface area contributed by atoms with Crippen LogP contribution in [0.4, 0.5) is 0 Å². The third-order valence-corrected chi connectivity index (χ3v) is 5.17. The van der Waals surface area contributed by atoms with Gasteiger partial charge in [0.25, 0.3) is 0 Å². The average Bonchev–Trinajstić information content (AvgIpc) is 2.90. The Labute approximate surface area is 138 Å². The van der Waals surface area contributed by atoms with Gasteiger partial charge in [-0.05, 0) is 25.7 Å². The number of piperazine rings is 1. The van der Waals surface area contributed by atoms with Crippen molar-refractivity contribution in [3.8, 4) is 0 Å². The van der Waals surface area contributed by atoms with E-state index in [1.165, 1.54) is 12.8 Å². The molecule has 0 aromatic carbocycles. The quantitative estimate of drug-likeness (QED) is 0.830. The molecule has 3 aliphatic rings. The number of rotatable bonds is 4. The van der Waals surface area contributed by atoms with Gasteiger partial charge in [0.2, 0.25) is 11.8 Å². The summed E-state index contributed by atoms with van der Waals surface area (Å²) in [4.78, 5) is 29.0. The van der Waals surface area contributed by atoms with Crippen LogP contribution in [0.1, 0.15) is 44.9 Å². The Bertz CT molecular complexity index is 415. The van der Waals surface area contributed by atoms with E-state index in [0.29, 0.717) is 19.5 Å². The summed E-state index contributed by atoms with van der Waals surface area (Å²) in [5.74, 6) is 0.187. The third-order valence-electron chi connectivity index (χ3n) is 5.17. The molecule has 0 aromatic rings. The molecule has 0 saturated carbocycles.